The van der Waals surface area contributed by atoms with Crippen LogP contribution in [0.25, 0.3) is 11.0 Å². The number of fused-ring (bicyclic) bond motifs is 1. The molecule has 0 spiro atoms. The van der Waals surface area contributed by atoms with Crippen molar-refractivity contribution in [1.82, 2.24) is 10.2 Å². The lowest BCUT2D eigenvalue weighted by atomic mass is 10.0. The van der Waals surface area contributed by atoms with Gasteiger partial charge >= 0.3 is 5.92 Å². The molecule has 192 valence electrons. The second kappa shape index (κ2) is 10.2. The number of likely N-dealkylation sites (tertiary alicyclic amines) is 1. The molecule has 36 heavy (non-hydrogen) atoms. The first-order chi connectivity index (χ1) is 17.2. The number of benzene rings is 2. The molecule has 0 bridgehead atoms. The quantitative estimate of drug-likeness (QED) is 0.366. The van der Waals surface area contributed by atoms with E-state index in [2.05, 4.69) is 5.32 Å². The van der Waals surface area contributed by atoms with Crippen molar-refractivity contribution in [1.29, 1.82) is 0 Å². The Labute approximate surface area is 217 Å². The molecule has 2 aromatic carbocycles. The molecule has 2 heterocycles. The molecule has 1 aliphatic carbocycles. The number of nitrogens with one attached hydrogen (secondary N) is 1. The number of alkyl halides is 2. The van der Waals surface area contributed by atoms with E-state index in [0.717, 1.165) is 44.8 Å². The number of amides is 1. The first kappa shape index (κ1) is 25.3. The maximum Gasteiger partial charge on any atom is 0.380 e. The van der Waals surface area contributed by atoms with Gasteiger partial charge in [0.1, 0.15) is 17.4 Å². The number of hydrogen-bond acceptors (Lipinski definition) is 5. The molecule has 0 unspecified atom stereocenters. The predicted molar refractivity (Wildman–Crippen MR) is 133 cm³/mol. The normalized spacial score (nSPS) is 18.4. The van der Waals surface area contributed by atoms with Crippen LogP contribution in [0.3, 0.4) is 0 Å². The standard InChI is InChI=1S/C26H26Cl2F2N2O4/c27-17-4-8-21-16(11-17)13-23(36-21)26(29,30)25(34)31-20(14-32-9-1-2-10-32)24(33)15-3-7-22(19(28)12-15)35-18-5-6-18/h3-4,7-8,11-13,18,20,24,33H,1-2,5-6,9-10,14H2,(H,31,34)/t20-,24+/m1/s1. The number of rotatable bonds is 9. The number of aliphatic hydroxyl groups is 1. The van der Waals surface area contributed by atoms with Crippen LogP contribution >= 0.6 is 23.2 Å². The van der Waals surface area contributed by atoms with Gasteiger partial charge in [0.2, 0.25) is 0 Å². The van der Waals surface area contributed by atoms with Crippen LogP contribution in [0, 0.1) is 0 Å². The smallest absolute Gasteiger partial charge is 0.380 e. The van der Waals surface area contributed by atoms with E-state index in [4.69, 9.17) is 32.4 Å². The summed E-state index contributed by atoms with van der Waals surface area (Å²) in [5, 5.41) is 14.6. The largest absolute Gasteiger partial charge is 0.489 e. The van der Waals surface area contributed by atoms with Crippen LogP contribution in [0.2, 0.25) is 10.0 Å². The molecule has 1 amide bonds. The average Bonchev–Trinajstić information content (AvgIpc) is 3.32. The van der Waals surface area contributed by atoms with Crippen molar-refractivity contribution in [2.45, 2.75) is 49.9 Å². The minimum atomic E-state index is -3.96. The summed E-state index contributed by atoms with van der Waals surface area (Å²) in [6.07, 6.45) is 2.75. The van der Waals surface area contributed by atoms with Gasteiger partial charge in [0.15, 0.2) is 5.76 Å². The van der Waals surface area contributed by atoms with Crippen molar-refractivity contribution in [2.75, 3.05) is 19.6 Å². The summed E-state index contributed by atoms with van der Waals surface area (Å²) >= 11 is 12.3. The zero-order valence-electron chi connectivity index (χ0n) is 19.4. The number of hydrogen-bond donors (Lipinski definition) is 2. The van der Waals surface area contributed by atoms with Gasteiger partial charge in [0.25, 0.3) is 5.91 Å². The molecule has 1 aromatic heterocycles. The summed E-state index contributed by atoms with van der Waals surface area (Å²) in [7, 11) is 0. The molecule has 2 atom stereocenters. The Balaban J connectivity index is 1.37. The fraction of sp³-hybridized carbons (Fsp3) is 0.423. The Morgan fingerprint density at radius 3 is 2.61 bits per heavy atom. The molecule has 3 aromatic rings. The van der Waals surface area contributed by atoms with Crippen molar-refractivity contribution in [3.05, 3.63) is 63.8 Å². The van der Waals surface area contributed by atoms with Gasteiger partial charge in [0.05, 0.1) is 17.2 Å². The third-order valence-corrected chi connectivity index (χ3v) is 7.07. The van der Waals surface area contributed by atoms with Crippen LogP contribution in [-0.4, -0.2) is 47.7 Å². The molecule has 1 saturated heterocycles. The predicted octanol–water partition coefficient (Wildman–Crippen LogP) is 5.69. The molecular formula is C26H26Cl2F2N2O4. The summed E-state index contributed by atoms with van der Waals surface area (Å²) in [5.74, 6) is -5.81. The molecule has 10 heteroatoms. The number of halogens is 4. The zero-order valence-corrected chi connectivity index (χ0v) is 20.9. The van der Waals surface area contributed by atoms with Crippen LogP contribution in [0.4, 0.5) is 8.78 Å². The van der Waals surface area contributed by atoms with Gasteiger partial charge in [-0.2, -0.15) is 8.78 Å². The number of carbonyl (C=O) groups excluding carboxylic acids is 1. The van der Waals surface area contributed by atoms with Crippen LogP contribution in [-0.2, 0) is 10.7 Å². The van der Waals surface area contributed by atoms with Crippen molar-refractivity contribution < 1.29 is 27.8 Å². The highest BCUT2D eigenvalue weighted by atomic mass is 35.5. The summed E-state index contributed by atoms with van der Waals surface area (Å²) < 4.78 is 41.4. The first-order valence-electron chi connectivity index (χ1n) is 12.0. The Bertz CT molecular complexity index is 1260. The third kappa shape index (κ3) is 5.47. The van der Waals surface area contributed by atoms with Gasteiger partial charge in [-0.15, -0.1) is 0 Å². The topological polar surface area (TPSA) is 74.9 Å². The van der Waals surface area contributed by atoms with Gasteiger partial charge < -0.3 is 24.5 Å². The number of carbonyl (C=O) groups is 1. The van der Waals surface area contributed by atoms with Crippen LogP contribution in [0.5, 0.6) is 5.75 Å². The lowest BCUT2D eigenvalue weighted by Crippen LogP contribution is -2.50. The molecule has 1 saturated carbocycles. The molecular weight excluding hydrogens is 513 g/mol. The molecule has 6 nitrogen and oxygen atoms in total. The van der Waals surface area contributed by atoms with Crippen LogP contribution in [0.15, 0.2) is 46.9 Å². The van der Waals surface area contributed by atoms with Crippen molar-refractivity contribution in [3.8, 4) is 5.75 Å². The van der Waals surface area contributed by atoms with E-state index in [1.807, 2.05) is 4.90 Å². The van der Waals surface area contributed by atoms with Crippen LogP contribution in [0.1, 0.15) is 43.1 Å². The van der Waals surface area contributed by atoms with Gasteiger partial charge in [0, 0.05) is 17.0 Å². The van der Waals surface area contributed by atoms with Crippen molar-refractivity contribution in [3.63, 3.8) is 0 Å². The first-order valence-corrected chi connectivity index (χ1v) is 12.7. The summed E-state index contributed by atoms with van der Waals surface area (Å²) in [4.78, 5) is 14.9. The fourth-order valence-corrected chi connectivity index (χ4v) is 4.82. The van der Waals surface area contributed by atoms with E-state index >= 15 is 8.78 Å². The molecule has 5 rings (SSSR count). The third-order valence-electron chi connectivity index (χ3n) is 6.54. The highest BCUT2D eigenvalue weighted by molar-refractivity contribution is 6.32. The minimum Gasteiger partial charge on any atom is -0.489 e. The Morgan fingerprint density at radius 1 is 1.17 bits per heavy atom. The average molecular weight is 539 g/mol. The summed E-state index contributed by atoms with van der Waals surface area (Å²) in [5.41, 5.74) is 0.591. The van der Waals surface area contributed by atoms with Gasteiger partial charge in [-0.05, 0) is 80.7 Å². The van der Waals surface area contributed by atoms with Gasteiger partial charge in [-0.1, -0.05) is 29.3 Å². The summed E-state index contributed by atoms with van der Waals surface area (Å²) in [6.45, 7) is 1.72. The lowest BCUT2D eigenvalue weighted by molar-refractivity contribution is -0.151. The second-order valence-electron chi connectivity index (χ2n) is 9.41. The van der Waals surface area contributed by atoms with E-state index in [9.17, 15) is 9.90 Å². The minimum absolute atomic E-state index is 0.150. The summed E-state index contributed by atoms with van der Waals surface area (Å²) in [6, 6.07) is 9.41. The van der Waals surface area contributed by atoms with E-state index in [1.165, 1.54) is 18.2 Å². The zero-order chi connectivity index (χ0) is 25.4. The maximum atomic E-state index is 15.2. The van der Waals surface area contributed by atoms with E-state index in [1.54, 1.807) is 18.2 Å². The van der Waals surface area contributed by atoms with E-state index < -0.39 is 29.7 Å². The van der Waals surface area contributed by atoms with Gasteiger partial charge in [-0.3, -0.25) is 4.79 Å². The fourth-order valence-electron chi connectivity index (χ4n) is 4.40. The number of aliphatic hydroxyl groups excluding tert-OH is 1. The molecule has 0 radical (unpaired) electrons. The highest BCUT2D eigenvalue weighted by Gasteiger charge is 2.46. The SMILES string of the molecule is O=C(N[C@H](CN1CCCC1)[C@@H](O)c1ccc(OC2CC2)c(Cl)c1)C(F)(F)c1cc2cc(Cl)ccc2o1. The highest BCUT2D eigenvalue weighted by Crippen LogP contribution is 2.36. The van der Waals surface area contributed by atoms with E-state index in [-0.39, 0.29) is 18.2 Å². The van der Waals surface area contributed by atoms with Gasteiger partial charge in [-0.25, -0.2) is 0 Å². The molecule has 2 N–H and O–H groups in total. The number of ether oxygens (including phenoxy) is 1. The molecule has 2 aliphatic rings. The second-order valence-corrected chi connectivity index (χ2v) is 10.3. The molecule has 1 aliphatic heterocycles. The number of nitrogens with zero attached hydrogens (tertiary/aromatic N) is 1. The molecule has 2 fully saturated rings. The van der Waals surface area contributed by atoms with Crippen molar-refractivity contribution in [2.24, 2.45) is 0 Å². The Morgan fingerprint density at radius 2 is 1.92 bits per heavy atom. The van der Waals surface area contributed by atoms with Crippen LogP contribution < -0.4 is 10.1 Å². The van der Waals surface area contributed by atoms with E-state index in [0.29, 0.717) is 26.7 Å². The Hall–Kier alpha value is -2.39. The number of furan rings is 1. The Kier molecular flexibility index (Phi) is 7.14. The van der Waals surface area contributed by atoms with Crippen molar-refractivity contribution >= 4 is 40.1 Å². The maximum absolute atomic E-state index is 15.2. The monoisotopic (exact) mass is 538 g/mol. The lowest BCUT2D eigenvalue weighted by Gasteiger charge is -2.30.